The summed E-state index contributed by atoms with van der Waals surface area (Å²) in [6.07, 6.45) is 6.07. The summed E-state index contributed by atoms with van der Waals surface area (Å²) in [5.41, 5.74) is 0.135. The molecule has 4 atom stereocenters. The highest BCUT2D eigenvalue weighted by Gasteiger charge is 2.49. The fourth-order valence-corrected chi connectivity index (χ4v) is 4.06. The summed E-state index contributed by atoms with van der Waals surface area (Å²) in [6, 6.07) is 5.25. The van der Waals surface area contributed by atoms with Gasteiger partial charge in [0, 0.05) is 13.1 Å². The van der Waals surface area contributed by atoms with Crippen LogP contribution in [0.2, 0.25) is 0 Å². The molecule has 4 nitrogen and oxygen atoms in total. The monoisotopic (exact) mass is 256 g/mol. The zero-order valence-electron chi connectivity index (χ0n) is 10.6. The molecule has 2 aliphatic carbocycles. The Hall–Kier alpha value is -1.84. The zero-order valence-corrected chi connectivity index (χ0v) is 10.6. The maximum Gasteiger partial charge on any atom is 0.354 e. The molecule has 1 aromatic heterocycles. The molecule has 3 aliphatic rings. The topological polar surface area (TPSA) is 53.4 Å². The molecular formula is C15H16N2O2. The average Bonchev–Trinajstić information content (AvgIpc) is 3.11. The van der Waals surface area contributed by atoms with Gasteiger partial charge >= 0.3 is 5.97 Å². The van der Waals surface area contributed by atoms with Crippen LogP contribution in [-0.4, -0.2) is 29.1 Å². The van der Waals surface area contributed by atoms with Crippen LogP contribution in [0.5, 0.6) is 0 Å². The van der Waals surface area contributed by atoms with Crippen molar-refractivity contribution in [3.8, 4) is 0 Å². The van der Waals surface area contributed by atoms with E-state index in [0.717, 1.165) is 42.6 Å². The molecule has 2 fully saturated rings. The van der Waals surface area contributed by atoms with Crippen molar-refractivity contribution in [1.82, 2.24) is 4.98 Å². The Balaban J connectivity index is 1.59. The number of hydrogen-bond acceptors (Lipinski definition) is 3. The minimum atomic E-state index is -0.956. The van der Waals surface area contributed by atoms with E-state index >= 15 is 0 Å². The number of aromatic carboxylic acids is 1. The van der Waals surface area contributed by atoms with Crippen molar-refractivity contribution >= 4 is 11.8 Å². The van der Waals surface area contributed by atoms with Crippen molar-refractivity contribution < 1.29 is 9.90 Å². The standard InChI is InChI=1S/C15H16N2O2/c18-15(19)13-2-1-3-14(16-13)17-7-11-9-4-5-10(6-9)12(11)8-17/h1-5,9-12H,6-8H2,(H,18,19)/t9?,10?,11-,12+. The molecule has 1 N–H and O–H groups in total. The first kappa shape index (κ1) is 11.0. The van der Waals surface area contributed by atoms with Gasteiger partial charge in [0.1, 0.15) is 5.82 Å². The van der Waals surface area contributed by atoms with Crippen LogP contribution in [0.3, 0.4) is 0 Å². The van der Waals surface area contributed by atoms with E-state index in [1.165, 1.54) is 6.42 Å². The lowest BCUT2D eigenvalue weighted by Crippen LogP contribution is -2.23. The van der Waals surface area contributed by atoms with Gasteiger partial charge in [-0.2, -0.15) is 0 Å². The molecule has 0 radical (unpaired) electrons. The summed E-state index contributed by atoms with van der Waals surface area (Å²) in [6.45, 7) is 2.04. The minimum Gasteiger partial charge on any atom is -0.477 e. The third-order valence-corrected chi connectivity index (χ3v) is 4.94. The number of hydrogen-bond donors (Lipinski definition) is 1. The number of anilines is 1. The zero-order chi connectivity index (χ0) is 13.0. The molecule has 0 amide bonds. The van der Waals surface area contributed by atoms with Crippen molar-refractivity contribution in [2.24, 2.45) is 23.7 Å². The number of carboxylic acids is 1. The number of rotatable bonds is 2. The third kappa shape index (κ3) is 1.59. The minimum absolute atomic E-state index is 0.135. The predicted molar refractivity (Wildman–Crippen MR) is 71.1 cm³/mol. The first-order valence-electron chi connectivity index (χ1n) is 6.86. The van der Waals surface area contributed by atoms with Crippen molar-refractivity contribution in [2.45, 2.75) is 6.42 Å². The Bertz CT molecular complexity index is 549. The number of pyridine rings is 1. The Labute approximate surface area is 111 Å². The average molecular weight is 256 g/mol. The molecule has 2 heterocycles. The quantitative estimate of drug-likeness (QED) is 0.823. The van der Waals surface area contributed by atoms with E-state index in [-0.39, 0.29) is 5.69 Å². The summed E-state index contributed by atoms with van der Waals surface area (Å²) in [5, 5.41) is 9.02. The summed E-state index contributed by atoms with van der Waals surface area (Å²) in [5.74, 6) is 2.82. The van der Waals surface area contributed by atoms with Crippen molar-refractivity contribution in [2.75, 3.05) is 18.0 Å². The normalized spacial score (nSPS) is 34.8. The molecule has 2 unspecified atom stereocenters. The fraction of sp³-hybridized carbons (Fsp3) is 0.467. The Morgan fingerprint density at radius 3 is 2.53 bits per heavy atom. The predicted octanol–water partition coefficient (Wildman–Crippen LogP) is 2.04. The maximum absolute atomic E-state index is 11.0. The first-order valence-corrected chi connectivity index (χ1v) is 6.86. The fourth-order valence-electron chi connectivity index (χ4n) is 4.06. The van der Waals surface area contributed by atoms with Crippen molar-refractivity contribution in [3.63, 3.8) is 0 Å². The molecule has 0 aromatic carbocycles. The summed E-state index contributed by atoms with van der Waals surface area (Å²) in [4.78, 5) is 17.5. The van der Waals surface area contributed by atoms with Gasteiger partial charge in [0.05, 0.1) is 0 Å². The molecule has 1 aromatic rings. The number of nitrogens with zero attached hydrogens (tertiary/aromatic N) is 2. The van der Waals surface area contributed by atoms with Gasteiger partial charge in [-0.05, 0) is 42.2 Å². The number of carboxylic acid groups (broad SMARTS) is 1. The molecule has 1 saturated carbocycles. The van der Waals surface area contributed by atoms with E-state index in [0.29, 0.717) is 0 Å². The van der Waals surface area contributed by atoms with E-state index < -0.39 is 5.97 Å². The van der Waals surface area contributed by atoms with Gasteiger partial charge in [-0.25, -0.2) is 9.78 Å². The van der Waals surface area contributed by atoms with Gasteiger partial charge in [-0.15, -0.1) is 0 Å². The van der Waals surface area contributed by atoms with Crippen molar-refractivity contribution in [1.29, 1.82) is 0 Å². The van der Waals surface area contributed by atoms with Crippen LogP contribution in [0.25, 0.3) is 0 Å². The molecule has 2 bridgehead atoms. The molecule has 4 rings (SSSR count). The molecule has 1 aliphatic heterocycles. The number of allylic oxidation sites excluding steroid dienone is 2. The van der Waals surface area contributed by atoms with Crippen LogP contribution in [0.15, 0.2) is 30.4 Å². The highest BCUT2D eigenvalue weighted by Crippen LogP contribution is 2.51. The lowest BCUT2D eigenvalue weighted by atomic mass is 9.86. The second-order valence-corrected chi connectivity index (χ2v) is 5.87. The molecule has 4 heteroatoms. The SMILES string of the molecule is O=C(O)c1cccc(N2C[C@@H]3C4C=CC(C4)[C@@H]3C2)n1. The molecule has 1 saturated heterocycles. The lowest BCUT2D eigenvalue weighted by molar-refractivity contribution is 0.0690. The van der Waals surface area contributed by atoms with Gasteiger partial charge < -0.3 is 10.0 Å². The van der Waals surface area contributed by atoms with E-state index in [4.69, 9.17) is 5.11 Å². The van der Waals surface area contributed by atoms with Gasteiger partial charge in [-0.3, -0.25) is 0 Å². The largest absolute Gasteiger partial charge is 0.477 e. The summed E-state index contributed by atoms with van der Waals surface area (Å²) in [7, 11) is 0. The van der Waals surface area contributed by atoms with Crippen LogP contribution >= 0.6 is 0 Å². The maximum atomic E-state index is 11.0. The summed E-state index contributed by atoms with van der Waals surface area (Å²) >= 11 is 0. The highest BCUT2D eigenvalue weighted by molar-refractivity contribution is 5.85. The molecule has 19 heavy (non-hydrogen) atoms. The molecule has 98 valence electrons. The summed E-state index contributed by atoms with van der Waals surface area (Å²) < 4.78 is 0. The van der Waals surface area contributed by atoms with Crippen molar-refractivity contribution in [3.05, 3.63) is 36.0 Å². The Morgan fingerprint density at radius 2 is 1.89 bits per heavy atom. The highest BCUT2D eigenvalue weighted by atomic mass is 16.4. The smallest absolute Gasteiger partial charge is 0.354 e. The van der Waals surface area contributed by atoms with Gasteiger partial charge in [-0.1, -0.05) is 18.2 Å². The van der Waals surface area contributed by atoms with Crippen LogP contribution < -0.4 is 4.90 Å². The van der Waals surface area contributed by atoms with Gasteiger partial charge in [0.15, 0.2) is 5.69 Å². The van der Waals surface area contributed by atoms with E-state index in [1.807, 2.05) is 6.07 Å². The third-order valence-electron chi connectivity index (χ3n) is 4.94. The van der Waals surface area contributed by atoms with Crippen LogP contribution in [0.1, 0.15) is 16.9 Å². The first-order chi connectivity index (χ1) is 9.22. The van der Waals surface area contributed by atoms with Crippen LogP contribution in [0, 0.1) is 23.7 Å². The van der Waals surface area contributed by atoms with Crippen LogP contribution in [-0.2, 0) is 0 Å². The number of fused-ring (bicyclic) bond motifs is 5. The Morgan fingerprint density at radius 1 is 1.21 bits per heavy atom. The van der Waals surface area contributed by atoms with E-state index in [1.54, 1.807) is 12.1 Å². The lowest BCUT2D eigenvalue weighted by Gasteiger charge is -2.19. The van der Waals surface area contributed by atoms with E-state index in [9.17, 15) is 4.79 Å². The van der Waals surface area contributed by atoms with E-state index in [2.05, 4.69) is 22.0 Å². The second-order valence-electron chi connectivity index (χ2n) is 5.87. The molecular weight excluding hydrogens is 240 g/mol. The van der Waals surface area contributed by atoms with Gasteiger partial charge in [0.25, 0.3) is 0 Å². The number of aromatic nitrogens is 1. The second kappa shape index (κ2) is 3.83. The Kier molecular flexibility index (Phi) is 2.22. The molecule has 0 spiro atoms. The number of carbonyl (C=O) groups is 1. The van der Waals surface area contributed by atoms with Crippen LogP contribution in [0.4, 0.5) is 5.82 Å². The van der Waals surface area contributed by atoms with Gasteiger partial charge in [0.2, 0.25) is 0 Å².